The maximum absolute atomic E-state index is 10.8. The van der Waals surface area contributed by atoms with Gasteiger partial charge in [0.2, 0.25) is 6.79 Å². The average molecular weight is 351 g/mol. The van der Waals surface area contributed by atoms with Crippen molar-refractivity contribution in [1.82, 2.24) is 0 Å². The van der Waals surface area contributed by atoms with Gasteiger partial charge in [-0.3, -0.25) is 10.1 Å². The number of nitrogens with one attached hydrogen (secondary N) is 1. The van der Waals surface area contributed by atoms with E-state index < -0.39 is 4.92 Å². The van der Waals surface area contributed by atoms with E-state index in [0.717, 1.165) is 15.8 Å². The summed E-state index contributed by atoms with van der Waals surface area (Å²) in [5.74, 6) is 1.45. The fourth-order valence-electron chi connectivity index (χ4n) is 2.01. The first-order valence-corrected chi connectivity index (χ1v) is 6.99. The summed E-state index contributed by atoms with van der Waals surface area (Å²) in [5.41, 5.74) is 1.71. The highest BCUT2D eigenvalue weighted by Gasteiger charge is 2.13. The normalized spacial score (nSPS) is 12.2. The lowest BCUT2D eigenvalue weighted by Crippen LogP contribution is -2.01. The lowest BCUT2D eigenvalue weighted by molar-refractivity contribution is -0.384. The Morgan fingerprint density at radius 1 is 1.19 bits per heavy atom. The average Bonchev–Trinajstić information content (AvgIpc) is 2.93. The van der Waals surface area contributed by atoms with Crippen LogP contribution >= 0.6 is 15.9 Å². The molecule has 1 heterocycles. The van der Waals surface area contributed by atoms with Crippen molar-refractivity contribution in [1.29, 1.82) is 0 Å². The minimum Gasteiger partial charge on any atom is -0.454 e. The molecule has 0 aliphatic carbocycles. The Bertz CT molecular complexity index is 705. The van der Waals surface area contributed by atoms with Crippen molar-refractivity contribution in [2.45, 2.75) is 6.54 Å². The number of nitro benzene ring substituents is 1. The zero-order valence-corrected chi connectivity index (χ0v) is 12.4. The van der Waals surface area contributed by atoms with E-state index in [-0.39, 0.29) is 12.5 Å². The largest absolute Gasteiger partial charge is 0.454 e. The van der Waals surface area contributed by atoms with Crippen molar-refractivity contribution in [3.8, 4) is 11.5 Å². The quantitative estimate of drug-likeness (QED) is 0.672. The van der Waals surface area contributed by atoms with Crippen LogP contribution in [0.15, 0.2) is 40.9 Å². The highest BCUT2D eigenvalue weighted by atomic mass is 79.9. The van der Waals surface area contributed by atoms with Crippen molar-refractivity contribution in [3.63, 3.8) is 0 Å². The molecular formula is C14H11BrN2O4. The molecule has 3 rings (SSSR count). The molecule has 1 aliphatic rings. The molecule has 0 unspecified atom stereocenters. The fraction of sp³-hybridized carbons (Fsp3) is 0.143. The van der Waals surface area contributed by atoms with Crippen LogP contribution in [0.3, 0.4) is 0 Å². The molecule has 2 aromatic carbocycles. The molecule has 7 heteroatoms. The summed E-state index contributed by atoms with van der Waals surface area (Å²) in [7, 11) is 0. The number of halogens is 1. The van der Waals surface area contributed by atoms with Gasteiger partial charge in [0.25, 0.3) is 5.69 Å². The monoisotopic (exact) mass is 350 g/mol. The molecule has 0 bridgehead atoms. The Kier molecular flexibility index (Phi) is 3.66. The van der Waals surface area contributed by atoms with E-state index in [4.69, 9.17) is 9.47 Å². The molecule has 6 nitrogen and oxygen atoms in total. The van der Waals surface area contributed by atoms with Crippen molar-refractivity contribution in [3.05, 3.63) is 56.5 Å². The Morgan fingerprint density at radius 3 is 2.81 bits per heavy atom. The highest BCUT2D eigenvalue weighted by molar-refractivity contribution is 9.10. The third-order valence-corrected chi connectivity index (χ3v) is 3.77. The first kappa shape index (κ1) is 13.7. The van der Waals surface area contributed by atoms with E-state index in [0.29, 0.717) is 18.0 Å². The molecule has 1 aliphatic heterocycles. The van der Waals surface area contributed by atoms with Gasteiger partial charge in [0, 0.05) is 23.2 Å². The standard InChI is InChI=1S/C14H11BrN2O4/c15-11-3-2-10(17(18)19)6-12(11)16-7-9-1-4-13-14(5-9)21-8-20-13/h1-6,16H,7-8H2. The molecule has 0 amide bonds. The zero-order valence-electron chi connectivity index (χ0n) is 10.8. The molecule has 0 saturated heterocycles. The third kappa shape index (κ3) is 2.92. The minimum atomic E-state index is -0.418. The molecule has 1 N–H and O–H groups in total. The van der Waals surface area contributed by atoms with Gasteiger partial charge in [-0.2, -0.15) is 0 Å². The Labute approximate surface area is 129 Å². The number of nitrogens with zero attached hydrogens (tertiary/aromatic N) is 1. The predicted molar refractivity (Wildman–Crippen MR) is 80.7 cm³/mol. The molecule has 21 heavy (non-hydrogen) atoms. The van der Waals surface area contributed by atoms with Gasteiger partial charge in [0.05, 0.1) is 10.6 Å². The molecule has 0 saturated carbocycles. The lowest BCUT2D eigenvalue weighted by Gasteiger charge is -2.09. The number of ether oxygens (including phenoxy) is 2. The number of hydrogen-bond donors (Lipinski definition) is 1. The number of nitro groups is 1. The number of rotatable bonds is 4. The van der Waals surface area contributed by atoms with E-state index >= 15 is 0 Å². The van der Waals surface area contributed by atoms with Gasteiger partial charge in [-0.15, -0.1) is 0 Å². The van der Waals surface area contributed by atoms with Crippen molar-refractivity contribution in [2.24, 2.45) is 0 Å². The summed E-state index contributed by atoms with van der Waals surface area (Å²) in [6.45, 7) is 0.763. The number of non-ortho nitro benzene ring substituents is 1. The Hall–Kier alpha value is -2.28. The smallest absolute Gasteiger partial charge is 0.271 e. The summed E-state index contributed by atoms with van der Waals surface area (Å²) in [5, 5.41) is 14.0. The second kappa shape index (κ2) is 5.61. The van der Waals surface area contributed by atoms with Crippen LogP contribution in [0.2, 0.25) is 0 Å². The minimum absolute atomic E-state index is 0.0476. The third-order valence-electron chi connectivity index (χ3n) is 3.08. The van der Waals surface area contributed by atoms with Gasteiger partial charge in [-0.25, -0.2) is 0 Å². The predicted octanol–water partition coefficient (Wildman–Crippen LogP) is 3.70. The number of benzene rings is 2. The first-order valence-electron chi connectivity index (χ1n) is 6.20. The van der Waals surface area contributed by atoms with Crippen molar-refractivity contribution >= 4 is 27.3 Å². The molecule has 0 fully saturated rings. The maximum Gasteiger partial charge on any atom is 0.271 e. The SMILES string of the molecule is O=[N+]([O-])c1ccc(Br)c(NCc2ccc3c(c2)OCO3)c1. The van der Waals surface area contributed by atoms with Crippen LogP contribution in [0.25, 0.3) is 0 Å². The molecular weight excluding hydrogens is 340 g/mol. The Balaban J connectivity index is 1.75. The zero-order chi connectivity index (χ0) is 14.8. The Morgan fingerprint density at radius 2 is 2.00 bits per heavy atom. The maximum atomic E-state index is 10.8. The summed E-state index contributed by atoms with van der Waals surface area (Å²) < 4.78 is 11.3. The van der Waals surface area contributed by atoms with E-state index in [9.17, 15) is 10.1 Å². The molecule has 2 aromatic rings. The van der Waals surface area contributed by atoms with Crippen molar-refractivity contribution < 1.29 is 14.4 Å². The van der Waals surface area contributed by atoms with Gasteiger partial charge in [0.15, 0.2) is 11.5 Å². The summed E-state index contributed by atoms with van der Waals surface area (Å²) in [4.78, 5) is 10.4. The first-order chi connectivity index (χ1) is 10.1. The van der Waals surface area contributed by atoms with Crippen LogP contribution < -0.4 is 14.8 Å². The van der Waals surface area contributed by atoms with Gasteiger partial charge in [-0.1, -0.05) is 6.07 Å². The van der Waals surface area contributed by atoms with E-state index in [1.165, 1.54) is 12.1 Å². The van der Waals surface area contributed by atoms with Gasteiger partial charge in [-0.05, 0) is 39.7 Å². The van der Waals surface area contributed by atoms with Crippen LogP contribution in [0.1, 0.15) is 5.56 Å². The summed E-state index contributed by atoms with van der Waals surface area (Å²) in [6, 6.07) is 10.3. The van der Waals surface area contributed by atoms with E-state index in [1.54, 1.807) is 6.07 Å². The van der Waals surface area contributed by atoms with Gasteiger partial charge in [0.1, 0.15) is 0 Å². The van der Waals surface area contributed by atoms with Crippen LogP contribution in [-0.2, 0) is 6.54 Å². The van der Waals surface area contributed by atoms with Gasteiger partial charge >= 0.3 is 0 Å². The van der Waals surface area contributed by atoms with Crippen LogP contribution in [0.4, 0.5) is 11.4 Å². The summed E-state index contributed by atoms with van der Waals surface area (Å²) >= 11 is 3.37. The highest BCUT2D eigenvalue weighted by Crippen LogP contribution is 2.33. The number of anilines is 1. The van der Waals surface area contributed by atoms with Crippen molar-refractivity contribution in [2.75, 3.05) is 12.1 Å². The van der Waals surface area contributed by atoms with E-state index in [1.807, 2.05) is 18.2 Å². The number of hydrogen-bond acceptors (Lipinski definition) is 5. The number of fused-ring (bicyclic) bond motifs is 1. The molecule has 0 aromatic heterocycles. The molecule has 108 valence electrons. The molecule has 0 atom stereocenters. The lowest BCUT2D eigenvalue weighted by atomic mass is 10.2. The van der Waals surface area contributed by atoms with E-state index in [2.05, 4.69) is 21.2 Å². The molecule has 0 spiro atoms. The topological polar surface area (TPSA) is 73.6 Å². The van der Waals surface area contributed by atoms with Crippen LogP contribution in [-0.4, -0.2) is 11.7 Å². The second-order valence-electron chi connectivity index (χ2n) is 4.46. The van der Waals surface area contributed by atoms with Crippen LogP contribution in [0, 0.1) is 10.1 Å². The molecule has 0 radical (unpaired) electrons. The fourth-order valence-corrected chi connectivity index (χ4v) is 2.40. The summed E-state index contributed by atoms with van der Waals surface area (Å²) in [6.07, 6.45) is 0. The second-order valence-corrected chi connectivity index (χ2v) is 5.32. The van der Waals surface area contributed by atoms with Gasteiger partial charge < -0.3 is 14.8 Å². The van der Waals surface area contributed by atoms with Crippen LogP contribution in [0.5, 0.6) is 11.5 Å².